The Kier molecular flexibility index (Phi) is 2.84. The lowest BCUT2D eigenvalue weighted by molar-refractivity contribution is 0.355. The maximum Gasteiger partial charge on any atom is 0.284 e. The number of nitrogens with zero attached hydrogens (tertiary/aromatic N) is 1. The third-order valence-electron chi connectivity index (χ3n) is 2.13. The van der Waals surface area contributed by atoms with E-state index in [-0.39, 0.29) is 23.0 Å². The summed E-state index contributed by atoms with van der Waals surface area (Å²) in [5.41, 5.74) is 5.49. The van der Waals surface area contributed by atoms with Gasteiger partial charge in [-0.3, -0.25) is 0 Å². The summed E-state index contributed by atoms with van der Waals surface area (Å²) in [4.78, 5) is -0.109. The monoisotopic (exact) mass is 256 g/mol. The highest BCUT2D eigenvalue weighted by atomic mass is 32.2. The van der Waals surface area contributed by atoms with Gasteiger partial charge in [0, 0.05) is 6.07 Å². The molecular formula is C10H9FN2O3S. The molecule has 0 bridgehead atoms. The van der Waals surface area contributed by atoms with Crippen molar-refractivity contribution in [1.29, 1.82) is 0 Å². The predicted octanol–water partition coefficient (Wildman–Crippen LogP) is 0.789. The number of ether oxygens (including phenoxy) is 1. The Balaban J connectivity index is 2.12. The summed E-state index contributed by atoms with van der Waals surface area (Å²) in [5.74, 6) is -0.234. The normalized spacial score (nSPS) is 17.5. The molecule has 90 valence electrons. The maximum atomic E-state index is 12.8. The van der Waals surface area contributed by atoms with Crippen molar-refractivity contribution in [1.82, 2.24) is 0 Å². The summed E-state index contributed by atoms with van der Waals surface area (Å²) in [6.45, 7) is -0.266. The van der Waals surface area contributed by atoms with Crippen LogP contribution in [0.3, 0.4) is 0 Å². The van der Waals surface area contributed by atoms with E-state index < -0.39 is 15.8 Å². The summed E-state index contributed by atoms with van der Waals surface area (Å²) in [6, 6.07) is 5.39. The molecule has 1 aromatic carbocycles. The highest BCUT2D eigenvalue weighted by Crippen LogP contribution is 2.19. The third kappa shape index (κ3) is 2.44. The average Bonchev–Trinajstić information content (AvgIpc) is 2.51. The predicted molar refractivity (Wildman–Crippen MR) is 60.5 cm³/mol. The molecule has 5 nitrogen and oxygen atoms in total. The van der Waals surface area contributed by atoms with Crippen LogP contribution in [-0.4, -0.2) is 21.2 Å². The number of hydrogen-bond donors (Lipinski definition) is 1. The molecule has 1 aromatic rings. The van der Waals surface area contributed by atoms with Crippen LogP contribution in [0.2, 0.25) is 0 Å². The lowest BCUT2D eigenvalue weighted by Gasteiger charge is -2.06. The van der Waals surface area contributed by atoms with Gasteiger partial charge in [-0.1, -0.05) is 6.07 Å². The smallest absolute Gasteiger partial charge is 0.284 e. The fourth-order valence-corrected chi connectivity index (χ4v) is 2.21. The van der Waals surface area contributed by atoms with Crippen LogP contribution in [0.1, 0.15) is 0 Å². The van der Waals surface area contributed by atoms with Crippen LogP contribution < -0.4 is 10.5 Å². The van der Waals surface area contributed by atoms with E-state index in [1.54, 1.807) is 0 Å². The number of nitrogens with two attached hydrogens (primary N) is 1. The molecule has 0 saturated heterocycles. The van der Waals surface area contributed by atoms with Gasteiger partial charge in [-0.2, -0.15) is 12.8 Å². The van der Waals surface area contributed by atoms with E-state index in [0.717, 1.165) is 12.3 Å². The molecule has 0 amide bonds. The first kappa shape index (κ1) is 11.6. The van der Waals surface area contributed by atoms with Crippen LogP contribution in [0.5, 0.6) is 5.75 Å². The summed E-state index contributed by atoms with van der Waals surface area (Å²) >= 11 is 0. The first-order chi connectivity index (χ1) is 7.99. The molecule has 0 fully saturated rings. The van der Waals surface area contributed by atoms with E-state index in [2.05, 4.69) is 4.40 Å². The van der Waals surface area contributed by atoms with E-state index in [9.17, 15) is 12.8 Å². The van der Waals surface area contributed by atoms with Gasteiger partial charge in [0.15, 0.2) is 0 Å². The standard InChI is InChI=1S/C10H9FN2O3S/c11-7-2-1-3-8(4-7)16-6-10-9(12)5-13-17(10,14)15/h1-5H,6,12H2. The van der Waals surface area contributed by atoms with Crippen molar-refractivity contribution in [3.63, 3.8) is 0 Å². The minimum Gasteiger partial charge on any atom is -0.488 e. The number of halogens is 1. The van der Waals surface area contributed by atoms with Gasteiger partial charge in [0.2, 0.25) is 0 Å². The van der Waals surface area contributed by atoms with E-state index in [1.807, 2.05) is 0 Å². The van der Waals surface area contributed by atoms with E-state index in [4.69, 9.17) is 10.5 Å². The maximum absolute atomic E-state index is 12.8. The molecular weight excluding hydrogens is 247 g/mol. The van der Waals surface area contributed by atoms with E-state index >= 15 is 0 Å². The molecule has 0 atom stereocenters. The Morgan fingerprint density at radius 1 is 1.41 bits per heavy atom. The Labute approximate surface area is 97.5 Å². The van der Waals surface area contributed by atoms with Gasteiger partial charge in [0.25, 0.3) is 10.0 Å². The van der Waals surface area contributed by atoms with Crippen molar-refractivity contribution in [3.05, 3.63) is 40.7 Å². The highest BCUT2D eigenvalue weighted by Gasteiger charge is 2.25. The molecule has 0 saturated carbocycles. The fraction of sp³-hybridized carbons (Fsp3) is 0.100. The minimum atomic E-state index is -3.71. The first-order valence-corrected chi connectivity index (χ1v) is 6.10. The molecule has 1 aliphatic rings. The van der Waals surface area contributed by atoms with Gasteiger partial charge in [0.1, 0.15) is 23.1 Å². The number of benzene rings is 1. The largest absolute Gasteiger partial charge is 0.488 e. The Morgan fingerprint density at radius 2 is 2.18 bits per heavy atom. The second kappa shape index (κ2) is 4.17. The SMILES string of the molecule is NC1=C(COc2cccc(F)c2)S(=O)(=O)N=C1. The van der Waals surface area contributed by atoms with Crippen LogP contribution in [0, 0.1) is 5.82 Å². The molecule has 0 aromatic heterocycles. The molecule has 0 unspecified atom stereocenters. The van der Waals surface area contributed by atoms with Gasteiger partial charge in [-0.15, -0.1) is 0 Å². The van der Waals surface area contributed by atoms with Crippen LogP contribution in [0.15, 0.2) is 39.3 Å². The fourth-order valence-electron chi connectivity index (χ4n) is 1.27. The quantitative estimate of drug-likeness (QED) is 0.866. The molecule has 17 heavy (non-hydrogen) atoms. The molecule has 0 aliphatic carbocycles. The molecule has 7 heteroatoms. The van der Waals surface area contributed by atoms with Crippen LogP contribution in [0.25, 0.3) is 0 Å². The molecule has 0 spiro atoms. The van der Waals surface area contributed by atoms with Crippen molar-refractivity contribution in [2.24, 2.45) is 10.1 Å². The zero-order valence-electron chi connectivity index (χ0n) is 8.63. The summed E-state index contributed by atoms with van der Waals surface area (Å²) < 4.78 is 44.0. The van der Waals surface area contributed by atoms with Crippen LogP contribution in [-0.2, 0) is 10.0 Å². The first-order valence-electron chi connectivity index (χ1n) is 4.66. The molecule has 2 rings (SSSR count). The zero-order valence-corrected chi connectivity index (χ0v) is 9.45. The molecule has 1 aliphatic heterocycles. The topological polar surface area (TPSA) is 81.8 Å². The lowest BCUT2D eigenvalue weighted by atomic mass is 10.3. The van der Waals surface area contributed by atoms with E-state index in [1.165, 1.54) is 18.2 Å². The van der Waals surface area contributed by atoms with E-state index in [0.29, 0.717) is 0 Å². The zero-order chi connectivity index (χ0) is 12.5. The molecule has 1 heterocycles. The average molecular weight is 256 g/mol. The van der Waals surface area contributed by atoms with Gasteiger partial charge in [-0.25, -0.2) is 4.39 Å². The number of allylic oxidation sites excluding steroid dienone is 1. The molecule has 2 N–H and O–H groups in total. The Bertz CT molecular complexity index is 608. The van der Waals surface area contributed by atoms with Crippen molar-refractivity contribution in [2.75, 3.05) is 6.61 Å². The Hall–Kier alpha value is -1.89. The van der Waals surface area contributed by atoms with Crippen molar-refractivity contribution >= 4 is 16.2 Å². The summed E-state index contributed by atoms with van der Waals surface area (Å²) in [7, 11) is -3.71. The third-order valence-corrected chi connectivity index (χ3v) is 3.49. The number of rotatable bonds is 3. The highest BCUT2D eigenvalue weighted by molar-refractivity contribution is 7.94. The number of hydrogen-bond acceptors (Lipinski definition) is 4. The van der Waals surface area contributed by atoms with Crippen molar-refractivity contribution in [2.45, 2.75) is 0 Å². The second-order valence-corrected chi connectivity index (χ2v) is 4.99. The molecule has 0 radical (unpaired) electrons. The van der Waals surface area contributed by atoms with Crippen LogP contribution in [0.4, 0.5) is 4.39 Å². The van der Waals surface area contributed by atoms with Gasteiger partial charge in [-0.05, 0) is 12.1 Å². The number of sulfonamides is 1. The van der Waals surface area contributed by atoms with Crippen LogP contribution >= 0.6 is 0 Å². The van der Waals surface area contributed by atoms with Crippen molar-refractivity contribution in [3.8, 4) is 5.75 Å². The van der Waals surface area contributed by atoms with Gasteiger partial charge >= 0.3 is 0 Å². The second-order valence-electron chi connectivity index (χ2n) is 3.33. The van der Waals surface area contributed by atoms with Gasteiger partial charge in [0.05, 0.1) is 11.9 Å². The summed E-state index contributed by atoms with van der Waals surface area (Å²) in [6.07, 6.45) is 1.06. The van der Waals surface area contributed by atoms with Gasteiger partial charge < -0.3 is 10.5 Å². The lowest BCUT2D eigenvalue weighted by Crippen LogP contribution is -2.12. The Morgan fingerprint density at radius 3 is 2.76 bits per heavy atom. The summed E-state index contributed by atoms with van der Waals surface area (Å²) in [5, 5.41) is 0. The van der Waals surface area contributed by atoms with Crippen molar-refractivity contribution < 1.29 is 17.5 Å². The minimum absolute atomic E-state index is 0.0430.